The molecule has 0 bridgehead atoms. The fourth-order valence-corrected chi connectivity index (χ4v) is 3.64. The van der Waals surface area contributed by atoms with Crippen molar-refractivity contribution >= 4 is 5.82 Å². The molecule has 1 atom stereocenters. The van der Waals surface area contributed by atoms with Crippen LogP contribution in [0.2, 0.25) is 0 Å². The van der Waals surface area contributed by atoms with E-state index in [2.05, 4.69) is 25.3 Å². The number of anilines is 1. The van der Waals surface area contributed by atoms with Gasteiger partial charge < -0.3 is 20.1 Å². The normalized spacial score (nSPS) is 18.7. The number of aryl methyl sites for hydroxylation is 1. The highest BCUT2D eigenvalue weighted by atomic mass is 16.5. The summed E-state index contributed by atoms with van der Waals surface area (Å²) in [4.78, 5) is 10.6. The average Bonchev–Trinajstić information content (AvgIpc) is 3.39. The molecule has 1 aliphatic rings. The first-order valence-corrected chi connectivity index (χ1v) is 10.3. The Balaban J connectivity index is 1.20. The van der Waals surface area contributed by atoms with Crippen molar-refractivity contribution in [2.24, 2.45) is 0 Å². The lowest BCUT2D eigenvalue weighted by Gasteiger charge is -2.24. The summed E-state index contributed by atoms with van der Waals surface area (Å²) in [7, 11) is 0. The van der Waals surface area contributed by atoms with E-state index >= 15 is 0 Å². The fraction of sp³-hybridized carbons (Fsp3) is 0.409. The largest absolute Gasteiger partial charge is 0.492 e. The van der Waals surface area contributed by atoms with Gasteiger partial charge in [0.15, 0.2) is 0 Å². The maximum atomic E-state index is 10.9. The molecule has 30 heavy (non-hydrogen) atoms. The van der Waals surface area contributed by atoms with E-state index in [4.69, 9.17) is 4.74 Å². The summed E-state index contributed by atoms with van der Waals surface area (Å²) in [6, 6.07) is 11.9. The van der Waals surface area contributed by atoms with Crippen molar-refractivity contribution in [2.45, 2.75) is 32.0 Å². The molecule has 2 N–H and O–H groups in total. The number of benzene rings is 1. The lowest BCUT2D eigenvalue weighted by Crippen LogP contribution is -2.43. The van der Waals surface area contributed by atoms with Crippen molar-refractivity contribution < 1.29 is 9.84 Å². The molecule has 8 heteroatoms. The molecule has 0 saturated carbocycles. The quantitative estimate of drug-likeness (QED) is 0.558. The monoisotopic (exact) mass is 408 g/mol. The van der Waals surface area contributed by atoms with Gasteiger partial charge in [-0.15, -0.1) is 0 Å². The summed E-state index contributed by atoms with van der Waals surface area (Å²) in [5.41, 5.74) is 1.33. The molecule has 2 aromatic heterocycles. The van der Waals surface area contributed by atoms with Crippen LogP contribution in [-0.4, -0.2) is 56.7 Å². The predicted octanol–water partition coefficient (Wildman–Crippen LogP) is 1.79. The van der Waals surface area contributed by atoms with Crippen LogP contribution in [0.3, 0.4) is 0 Å². The van der Waals surface area contributed by atoms with E-state index in [0.717, 1.165) is 35.9 Å². The highest BCUT2D eigenvalue weighted by Crippen LogP contribution is 2.25. The summed E-state index contributed by atoms with van der Waals surface area (Å²) in [5, 5.41) is 18.5. The Kier molecular flexibility index (Phi) is 6.25. The lowest BCUT2D eigenvalue weighted by molar-refractivity contribution is 0.0626. The number of aliphatic hydroxyl groups is 1. The van der Waals surface area contributed by atoms with Crippen molar-refractivity contribution in [2.75, 3.05) is 31.1 Å². The molecule has 158 valence electrons. The van der Waals surface area contributed by atoms with E-state index in [1.165, 1.54) is 0 Å². The van der Waals surface area contributed by atoms with E-state index in [-0.39, 0.29) is 0 Å². The van der Waals surface area contributed by atoms with Crippen molar-refractivity contribution in [3.05, 3.63) is 66.4 Å². The van der Waals surface area contributed by atoms with Gasteiger partial charge >= 0.3 is 0 Å². The summed E-state index contributed by atoms with van der Waals surface area (Å²) in [6.45, 7) is 5.84. The Labute approximate surface area is 176 Å². The van der Waals surface area contributed by atoms with E-state index in [1.807, 2.05) is 54.2 Å². The number of nitrogens with zero attached hydrogens (tertiary/aromatic N) is 5. The van der Waals surface area contributed by atoms with Crippen LogP contribution in [0.1, 0.15) is 17.7 Å². The molecule has 1 aliphatic heterocycles. The average molecular weight is 409 g/mol. The van der Waals surface area contributed by atoms with Crippen LogP contribution in [0.4, 0.5) is 5.82 Å². The van der Waals surface area contributed by atoms with Crippen LogP contribution in [0, 0.1) is 6.92 Å². The topological polar surface area (TPSA) is 88.3 Å². The Morgan fingerprint density at radius 2 is 2.10 bits per heavy atom. The Morgan fingerprint density at radius 1 is 1.23 bits per heavy atom. The van der Waals surface area contributed by atoms with Crippen LogP contribution in [0.5, 0.6) is 5.75 Å². The van der Waals surface area contributed by atoms with Gasteiger partial charge in [0.05, 0.1) is 12.1 Å². The zero-order valence-corrected chi connectivity index (χ0v) is 17.2. The second-order valence-corrected chi connectivity index (χ2v) is 7.78. The van der Waals surface area contributed by atoms with Crippen molar-refractivity contribution in [3.8, 4) is 5.75 Å². The minimum atomic E-state index is -0.756. The Bertz CT molecular complexity index is 931. The van der Waals surface area contributed by atoms with E-state index in [0.29, 0.717) is 32.7 Å². The summed E-state index contributed by atoms with van der Waals surface area (Å²) in [6.07, 6.45) is 5.97. The SMILES string of the molecule is Cc1cc(N2CC[C@](O)(CNCc3ccc(OCCn4cccn4)cc3)C2)ncn1. The molecule has 0 unspecified atom stereocenters. The molecule has 1 aromatic carbocycles. The minimum Gasteiger partial charge on any atom is -0.492 e. The summed E-state index contributed by atoms with van der Waals surface area (Å²) < 4.78 is 7.61. The molecular formula is C22H28N6O2. The summed E-state index contributed by atoms with van der Waals surface area (Å²) in [5.74, 6) is 1.72. The number of rotatable bonds is 9. The predicted molar refractivity (Wildman–Crippen MR) is 114 cm³/mol. The molecule has 0 aliphatic carbocycles. The van der Waals surface area contributed by atoms with Crippen molar-refractivity contribution in [3.63, 3.8) is 0 Å². The van der Waals surface area contributed by atoms with Crippen molar-refractivity contribution in [1.82, 2.24) is 25.1 Å². The maximum Gasteiger partial charge on any atom is 0.132 e. The Morgan fingerprint density at radius 3 is 2.87 bits per heavy atom. The third kappa shape index (κ3) is 5.34. The van der Waals surface area contributed by atoms with Crippen LogP contribution in [0.15, 0.2) is 55.1 Å². The first-order chi connectivity index (χ1) is 14.6. The molecule has 0 spiro atoms. The third-order valence-corrected chi connectivity index (χ3v) is 5.30. The summed E-state index contributed by atoms with van der Waals surface area (Å²) >= 11 is 0. The molecule has 1 fully saturated rings. The van der Waals surface area contributed by atoms with Gasteiger partial charge in [0.1, 0.15) is 24.5 Å². The second-order valence-electron chi connectivity index (χ2n) is 7.78. The van der Waals surface area contributed by atoms with Gasteiger partial charge in [-0.3, -0.25) is 4.68 Å². The zero-order chi connectivity index (χ0) is 20.8. The number of β-amino-alcohol motifs (C(OH)–C–C–N with tert-alkyl or cyclic N) is 1. The van der Waals surface area contributed by atoms with Crippen LogP contribution in [-0.2, 0) is 13.1 Å². The van der Waals surface area contributed by atoms with Gasteiger partial charge in [0.2, 0.25) is 0 Å². The minimum absolute atomic E-state index is 0.537. The molecule has 0 radical (unpaired) electrons. The van der Waals surface area contributed by atoms with E-state index in [1.54, 1.807) is 12.5 Å². The van der Waals surface area contributed by atoms with E-state index in [9.17, 15) is 5.11 Å². The number of hydrogen-bond donors (Lipinski definition) is 2. The molecule has 8 nitrogen and oxygen atoms in total. The van der Waals surface area contributed by atoms with Gasteiger partial charge in [-0.2, -0.15) is 5.10 Å². The lowest BCUT2D eigenvalue weighted by atomic mass is 10.0. The van der Waals surface area contributed by atoms with Gasteiger partial charge in [-0.25, -0.2) is 9.97 Å². The number of hydrogen-bond acceptors (Lipinski definition) is 7. The van der Waals surface area contributed by atoms with Gasteiger partial charge in [0, 0.05) is 50.3 Å². The van der Waals surface area contributed by atoms with Crippen LogP contribution >= 0.6 is 0 Å². The first kappa shape index (κ1) is 20.3. The number of ether oxygens (including phenoxy) is 1. The number of aromatic nitrogens is 4. The zero-order valence-electron chi connectivity index (χ0n) is 17.2. The standard InChI is InChI=1S/C22H28N6O2/c1-18-13-21(25-17-24-18)27-10-7-22(29,16-27)15-23-14-19-3-5-20(6-4-19)30-12-11-28-9-2-8-26-28/h2-6,8-9,13,17,23,29H,7,10-12,14-16H2,1H3/t22-/m0/s1. The van der Waals surface area contributed by atoms with Gasteiger partial charge in [-0.1, -0.05) is 12.1 Å². The molecular weight excluding hydrogens is 380 g/mol. The number of nitrogens with one attached hydrogen (secondary N) is 1. The molecule has 4 rings (SSSR count). The van der Waals surface area contributed by atoms with Gasteiger partial charge in [-0.05, 0) is 37.1 Å². The second kappa shape index (κ2) is 9.23. The fourth-order valence-electron chi connectivity index (χ4n) is 3.64. The molecule has 1 saturated heterocycles. The highest BCUT2D eigenvalue weighted by molar-refractivity contribution is 5.41. The Hall–Kier alpha value is -2.97. The molecule has 3 heterocycles. The smallest absolute Gasteiger partial charge is 0.132 e. The van der Waals surface area contributed by atoms with E-state index < -0.39 is 5.60 Å². The van der Waals surface area contributed by atoms with Gasteiger partial charge in [0.25, 0.3) is 0 Å². The first-order valence-electron chi connectivity index (χ1n) is 10.3. The van der Waals surface area contributed by atoms with Crippen LogP contribution < -0.4 is 15.0 Å². The van der Waals surface area contributed by atoms with Crippen molar-refractivity contribution in [1.29, 1.82) is 0 Å². The highest BCUT2D eigenvalue weighted by Gasteiger charge is 2.36. The van der Waals surface area contributed by atoms with Crippen LogP contribution in [0.25, 0.3) is 0 Å². The maximum absolute atomic E-state index is 10.9. The molecule has 3 aromatic rings. The molecule has 0 amide bonds. The third-order valence-electron chi connectivity index (χ3n) is 5.30.